The average Bonchev–Trinajstić information content (AvgIpc) is 2.80. The maximum absolute atomic E-state index is 12.9. The van der Waals surface area contributed by atoms with Crippen LogP contribution in [0.5, 0.6) is 0 Å². The van der Waals surface area contributed by atoms with Gasteiger partial charge >= 0.3 is 0 Å². The molecular weight excluding hydrogens is 404 g/mol. The monoisotopic (exact) mass is 424 g/mol. The zero-order valence-corrected chi connectivity index (χ0v) is 16.6. The number of ketones is 1. The lowest BCUT2D eigenvalue weighted by atomic mass is 10.2. The van der Waals surface area contributed by atoms with Gasteiger partial charge in [-0.05, 0) is 31.0 Å². The van der Waals surface area contributed by atoms with Gasteiger partial charge in [0.2, 0.25) is 0 Å². The molecule has 25 heavy (non-hydrogen) atoms. The van der Waals surface area contributed by atoms with Crippen LogP contribution < -0.4 is 5.56 Å². The smallest absolute Gasteiger partial charge is 0.262 e. The predicted octanol–water partition coefficient (Wildman–Crippen LogP) is 3.80. The lowest BCUT2D eigenvalue weighted by Gasteiger charge is -2.17. The number of hydrogen-bond acceptors (Lipinski definition) is 5. The zero-order chi connectivity index (χ0) is 17.8. The first kappa shape index (κ1) is 18.6. The SMILES string of the molecule is COCCn1c(SC2CCCCCC2=O)nc2ccc(Br)cc2c1=O. The standard InChI is InChI=1S/C18H21BrN2O3S/c1-24-10-9-21-17(23)13-11-12(19)7-8-14(13)20-18(21)25-16-6-4-2-3-5-15(16)22/h7-8,11,16H,2-6,9-10H2,1H3. The zero-order valence-electron chi connectivity index (χ0n) is 14.2. The Kier molecular flexibility index (Phi) is 6.30. The molecule has 1 aliphatic rings. The van der Waals surface area contributed by atoms with Crippen LogP contribution in [0, 0.1) is 0 Å². The summed E-state index contributed by atoms with van der Waals surface area (Å²) in [6, 6.07) is 5.50. The minimum atomic E-state index is -0.115. The number of aromatic nitrogens is 2. The third kappa shape index (κ3) is 4.33. The fourth-order valence-electron chi connectivity index (χ4n) is 3.02. The number of rotatable bonds is 5. The Hall–Kier alpha value is -1.18. The number of Topliss-reactive ketones (excluding diaryl/α,β-unsaturated/α-hetero) is 1. The predicted molar refractivity (Wildman–Crippen MR) is 103 cm³/mol. The molecule has 0 N–H and O–H groups in total. The summed E-state index contributed by atoms with van der Waals surface area (Å²) in [4.78, 5) is 30.0. The van der Waals surface area contributed by atoms with E-state index in [9.17, 15) is 9.59 Å². The van der Waals surface area contributed by atoms with Crippen LogP contribution in [0.1, 0.15) is 32.1 Å². The summed E-state index contributed by atoms with van der Waals surface area (Å²) in [5.41, 5.74) is 0.567. The highest BCUT2D eigenvalue weighted by molar-refractivity contribution is 9.10. The van der Waals surface area contributed by atoms with Crippen molar-refractivity contribution in [3.63, 3.8) is 0 Å². The van der Waals surface area contributed by atoms with E-state index in [1.54, 1.807) is 17.7 Å². The van der Waals surface area contributed by atoms with E-state index in [1.165, 1.54) is 11.8 Å². The van der Waals surface area contributed by atoms with Crippen molar-refractivity contribution < 1.29 is 9.53 Å². The summed E-state index contributed by atoms with van der Waals surface area (Å²) in [6.07, 6.45) is 4.58. The second-order valence-corrected chi connectivity index (χ2v) is 8.26. The number of ether oxygens (including phenoxy) is 1. The maximum atomic E-state index is 12.9. The molecule has 5 nitrogen and oxygen atoms in total. The van der Waals surface area contributed by atoms with Crippen LogP contribution in [-0.2, 0) is 16.1 Å². The van der Waals surface area contributed by atoms with Gasteiger partial charge in [0, 0.05) is 18.0 Å². The largest absolute Gasteiger partial charge is 0.383 e. The van der Waals surface area contributed by atoms with Crippen molar-refractivity contribution in [1.82, 2.24) is 9.55 Å². The topological polar surface area (TPSA) is 61.2 Å². The second-order valence-electron chi connectivity index (χ2n) is 6.18. The quantitative estimate of drug-likeness (QED) is 0.539. The number of halogens is 1. The second kappa shape index (κ2) is 8.47. The Morgan fingerprint density at radius 3 is 2.96 bits per heavy atom. The highest BCUT2D eigenvalue weighted by Gasteiger charge is 2.24. The van der Waals surface area contributed by atoms with E-state index in [4.69, 9.17) is 4.74 Å². The Morgan fingerprint density at radius 1 is 1.32 bits per heavy atom. The molecule has 0 radical (unpaired) electrons. The van der Waals surface area contributed by atoms with Crippen molar-refractivity contribution in [3.05, 3.63) is 33.0 Å². The number of carbonyl (C=O) groups excluding carboxylic acids is 1. The van der Waals surface area contributed by atoms with Crippen LogP contribution in [-0.4, -0.2) is 34.3 Å². The van der Waals surface area contributed by atoms with Gasteiger partial charge in [0.25, 0.3) is 5.56 Å². The molecule has 0 saturated heterocycles. The summed E-state index contributed by atoms with van der Waals surface area (Å²) in [5, 5.41) is 1.07. The van der Waals surface area contributed by atoms with Gasteiger partial charge in [-0.15, -0.1) is 0 Å². The molecule has 2 aromatic rings. The Morgan fingerprint density at radius 2 is 2.16 bits per heavy atom. The molecule has 1 atom stereocenters. The summed E-state index contributed by atoms with van der Waals surface area (Å²) < 4.78 is 7.63. The van der Waals surface area contributed by atoms with Crippen LogP contribution >= 0.6 is 27.7 Å². The van der Waals surface area contributed by atoms with Crippen molar-refractivity contribution in [2.45, 2.75) is 49.1 Å². The molecule has 0 spiro atoms. The molecule has 0 bridgehead atoms. The van der Waals surface area contributed by atoms with Crippen LogP contribution in [0.15, 0.2) is 32.6 Å². The molecule has 1 aromatic carbocycles. The highest BCUT2D eigenvalue weighted by atomic mass is 79.9. The number of thioether (sulfide) groups is 1. The number of fused-ring (bicyclic) bond motifs is 1. The normalized spacial score (nSPS) is 18.5. The van der Waals surface area contributed by atoms with Crippen molar-refractivity contribution in [3.8, 4) is 0 Å². The molecule has 1 unspecified atom stereocenters. The molecule has 0 amide bonds. The van der Waals surface area contributed by atoms with Gasteiger partial charge in [-0.3, -0.25) is 14.2 Å². The van der Waals surface area contributed by atoms with E-state index in [0.717, 1.165) is 30.2 Å². The molecule has 1 saturated carbocycles. The van der Waals surface area contributed by atoms with E-state index in [-0.39, 0.29) is 16.6 Å². The van der Waals surface area contributed by atoms with Gasteiger partial charge in [-0.2, -0.15) is 0 Å². The van der Waals surface area contributed by atoms with Crippen molar-refractivity contribution >= 4 is 44.4 Å². The van der Waals surface area contributed by atoms with Gasteiger partial charge in [0.15, 0.2) is 5.16 Å². The molecular formula is C18H21BrN2O3S. The van der Waals surface area contributed by atoms with Crippen LogP contribution in [0.3, 0.4) is 0 Å². The molecule has 0 aliphatic heterocycles. The lowest BCUT2D eigenvalue weighted by molar-refractivity contribution is -0.118. The van der Waals surface area contributed by atoms with E-state index in [2.05, 4.69) is 20.9 Å². The van der Waals surface area contributed by atoms with E-state index in [0.29, 0.717) is 35.6 Å². The van der Waals surface area contributed by atoms with Crippen molar-refractivity contribution in [2.75, 3.05) is 13.7 Å². The fourth-order valence-corrected chi connectivity index (χ4v) is 4.62. The minimum Gasteiger partial charge on any atom is -0.383 e. The number of nitrogens with zero attached hydrogens (tertiary/aromatic N) is 2. The summed E-state index contributed by atoms with van der Waals surface area (Å²) in [7, 11) is 1.61. The van der Waals surface area contributed by atoms with Gasteiger partial charge in [0.05, 0.1) is 29.3 Å². The average molecular weight is 425 g/mol. The van der Waals surface area contributed by atoms with Gasteiger partial charge < -0.3 is 4.74 Å². The third-order valence-corrected chi connectivity index (χ3v) is 6.20. The van der Waals surface area contributed by atoms with Crippen LogP contribution in [0.4, 0.5) is 0 Å². The Labute approximate surface area is 159 Å². The van der Waals surface area contributed by atoms with Gasteiger partial charge in [-0.1, -0.05) is 40.5 Å². The first-order chi connectivity index (χ1) is 12.1. The first-order valence-corrected chi connectivity index (χ1v) is 10.2. The number of benzene rings is 1. The lowest BCUT2D eigenvalue weighted by Crippen LogP contribution is -2.27. The van der Waals surface area contributed by atoms with Crippen molar-refractivity contribution in [1.29, 1.82) is 0 Å². The summed E-state index contributed by atoms with van der Waals surface area (Å²) >= 11 is 4.84. The molecule has 1 heterocycles. The van der Waals surface area contributed by atoms with Crippen LogP contribution in [0.25, 0.3) is 10.9 Å². The Balaban J connectivity index is 2.03. The minimum absolute atomic E-state index is 0.0908. The van der Waals surface area contributed by atoms with E-state index < -0.39 is 0 Å². The van der Waals surface area contributed by atoms with Crippen molar-refractivity contribution in [2.24, 2.45) is 0 Å². The molecule has 1 aromatic heterocycles. The van der Waals surface area contributed by atoms with Crippen LogP contribution in [0.2, 0.25) is 0 Å². The molecule has 7 heteroatoms. The highest BCUT2D eigenvalue weighted by Crippen LogP contribution is 2.30. The number of carbonyl (C=O) groups is 1. The molecule has 1 fully saturated rings. The fraction of sp³-hybridized carbons (Fsp3) is 0.500. The third-order valence-electron chi connectivity index (χ3n) is 4.40. The molecule has 3 rings (SSSR count). The van der Waals surface area contributed by atoms with Gasteiger partial charge in [-0.25, -0.2) is 4.98 Å². The van der Waals surface area contributed by atoms with E-state index >= 15 is 0 Å². The molecule has 1 aliphatic carbocycles. The first-order valence-electron chi connectivity index (χ1n) is 8.48. The Bertz CT molecular complexity index is 837. The van der Waals surface area contributed by atoms with Gasteiger partial charge in [0.1, 0.15) is 5.78 Å². The summed E-state index contributed by atoms with van der Waals surface area (Å²) in [5.74, 6) is 0.269. The van der Waals surface area contributed by atoms with E-state index in [1.807, 2.05) is 12.1 Å². The number of methoxy groups -OCH3 is 1. The maximum Gasteiger partial charge on any atom is 0.262 e. The number of hydrogen-bond donors (Lipinski definition) is 0. The summed E-state index contributed by atoms with van der Waals surface area (Å²) in [6.45, 7) is 0.849. The molecule has 134 valence electrons.